The lowest BCUT2D eigenvalue weighted by Crippen LogP contribution is -2.31. The van der Waals surface area contributed by atoms with Crippen molar-refractivity contribution in [3.8, 4) is 0 Å². The van der Waals surface area contributed by atoms with Crippen LogP contribution in [0, 0.1) is 12.8 Å². The maximum Gasteiger partial charge on any atom is 0.252 e. The van der Waals surface area contributed by atoms with E-state index in [2.05, 4.69) is 39.5 Å². The maximum absolute atomic E-state index is 12.1. The van der Waals surface area contributed by atoms with Gasteiger partial charge in [0.15, 0.2) is 0 Å². The highest BCUT2D eigenvalue weighted by molar-refractivity contribution is 5.93. The number of nitrogens with zero attached hydrogens (tertiary/aromatic N) is 2. The number of nitrogens with one attached hydrogen (secondary N) is 1. The summed E-state index contributed by atoms with van der Waals surface area (Å²) in [6.45, 7) is 4.68. The second-order valence-corrected chi connectivity index (χ2v) is 5.83. The van der Waals surface area contributed by atoms with Crippen LogP contribution in [0.2, 0.25) is 0 Å². The Morgan fingerprint density at radius 3 is 2.82 bits per heavy atom. The molecule has 4 nitrogen and oxygen atoms in total. The largest absolute Gasteiger partial charge is 0.371 e. The second kappa shape index (κ2) is 6.60. The Morgan fingerprint density at radius 2 is 2.09 bits per heavy atom. The molecule has 0 radical (unpaired) electrons. The molecule has 22 heavy (non-hydrogen) atoms. The molecule has 2 heterocycles. The summed E-state index contributed by atoms with van der Waals surface area (Å²) in [5, 5.41) is 3.03. The molecular weight excluding hydrogens is 274 g/mol. The van der Waals surface area contributed by atoms with Gasteiger partial charge in [0.05, 0.1) is 5.56 Å². The number of carbonyl (C=O) groups is 1. The predicted octanol–water partition coefficient (Wildman–Crippen LogP) is 2.65. The Labute approximate surface area is 131 Å². The lowest BCUT2D eigenvalue weighted by Gasteiger charge is -2.18. The molecule has 1 amide bonds. The van der Waals surface area contributed by atoms with Crippen molar-refractivity contribution in [1.82, 2.24) is 10.3 Å². The van der Waals surface area contributed by atoms with Crippen LogP contribution in [0.15, 0.2) is 48.7 Å². The Kier molecular flexibility index (Phi) is 4.37. The molecule has 1 aliphatic rings. The lowest BCUT2D eigenvalue weighted by atomic mass is 10.1. The zero-order valence-corrected chi connectivity index (χ0v) is 12.8. The molecule has 1 N–H and O–H groups in total. The summed E-state index contributed by atoms with van der Waals surface area (Å²) in [6, 6.07) is 14.1. The molecule has 0 saturated carbocycles. The summed E-state index contributed by atoms with van der Waals surface area (Å²) in [7, 11) is 0. The summed E-state index contributed by atoms with van der Waals surface area (Å²) in [5.74, 6) is 0.466. The van der Waals surface area contributed by atoms with Crippen LogP contribution in [0.5, 0.6) is 0 Å². The Hall–Kier alpha value is -2.36. The van der Waals surface area contributed by atoms with E-state index in [4.69, 9.17) is 0 Å². The van der Waals surface area contributed by atoms with Crippen molar-refractivity contribution in [1.29, 1.82) is 0 Å². The molecular formula is C18H21N3O. The molecule has 1 fully saturated rings. The minimum atomic E-state index is -0.0364. The molecule has 1 aromatic carbocycles. The summed E-state index contributed by atoms with van der Waals surface area (Å²) in [5.41, 5.74) is 2.81. The van der Waals surface area contributed by atoms with Gasteiger partial charge < -0.3 is 10.2 Å². The second-order valence-electron chi connectivity index (χ2n) is 5.83. The van der Waals surface area contributed by atoms with Crippen LogP contribution in [-0.2, 0) is 0 Å². The third-order valence-corrected chi connectivity index (χ3v) is 4.13. The number of aromatic nitrogens is 1. The van der Waals surface area contributed by atoms with E-state index in [1.165, 1.54) is 5.69 Å². The number of para-hydroxylation sites is 1. The van der Waals surface area contributed by atoms with Gasteiger partial charge in [0.2, 0.25) is 0 Å². The average Bonchev–Trinajstić information content (AvgIpc) is 3.03. The first-order valence-electron chi connectivity index (χ1n) is 7.73. The van der Waals surface area contributed by atoms with E-state index < -0.39 is 0 Å². The first-order chi connectivity index (χ1) is 10.7. The zero-order chi connectivity index (χ0) is 15.4. The van der Waals surface area contributed by atoms with E-state index in [0.717, 1.165) is 31.7 Å². The summed E-state index contributed by atoms with van der Waals surface area (Å²) >= 11 is 0. The number of hydrogen-bond donors (Lipinski definition) is 1. The number of carbonyl (C=O) groups excluding carboxylic acids is 1. The van der Waals surface area contributed by atoms with Crippen LogP contribution in [0.4, 0.5) is 5.69 Å². The van der Waals surface area contributed by atoms with Gasteiger partial charge in [-0.3, -0.25) is 9.78 Å². The lowest BCUT2D eigenvalue weighted by molar-refractivity contribution is 0.0948. The topological polar surface area (TPSA) is 45.2 Å². The van der Waals surface area contributed by atoms with Crippen LogP contribution in [0.3, 0.4) is 0 Å². The highest BCUT2D eigenvalue weighted by atomic mass is 16.1. The number of anilines is 1. The van der Waals surface area contributed by atoms with E-state index >= 15 is 0 Å². The third-order valence-electron chi connectivity index (χ3n) is 4.13. The molecule has 1 atom stereocenters. The van der Waals surface area contributed by atoms with E-state index in [1.54, 1.807) is 6.20 Å². The molecule has 1 saturated heterocycles. The average molecular weight is 295 g/mol. The fraction of sp³-hybridized carbons (Fsp3) is 0.333. The SMILES string of the molecule is Cc1ccc(C(=O)NCC2CCN(c3ccccc3)C2)cn1. The molecule has 4 heteroatoms. The number of benzene rings is 1. The summed E-state index contributed by atoms with van der Waals surface area (Å²) < 4.78 is 0. The van der Waals surface area contributed by atoms with Crippen molar-refractivity contribution in [3.05, 3.63) is 59.9 Å². The molecule has 0 aliphatic carbocycles. The first kappa shape index (κ1) is 14.6. The van der Waals surface area contributed by atoms with Crippen LogP contribution in [-0.4, -0.2) is 30.5 Å². The fourth-order valence-electron chi connectivity index (χ4n) is 2.81. The van der Waals surface area contributed by atoms with E-state index in [0.29, 0.717) is 11.5 Å². The number of pyridine rings is 1. The minimum absolute atomic E-state index is 0.0364. The molecule has 0 bridgehead atoms. The molecule has 1 unspecified atom stereocenters. The van der Waals surface area contributed by atoms with Crippen molar-refractivity contribution in [2.45, 2.75) is 13.3 Å². The van der Waals surface area contributed by atoms with Gasteiger partial charge in [0, 0.05) is 37.2 Å². The van der Waals surface area contributed by atoms with Crippen molar-refractivity contribution in [3.63, 3.8) is 0 Å². The molecule has 0 spiro atoms. The summed E-state index contributed by atoms with van der Waals surface area (Å²) in [6.07, 6.45) is 2.75. The Morgan fingerprint density at radius 1 is 1.27 bits per heavy atom. The van der Waals surface area contributed by atoms with Crippen LogP contribution in [0.1, 0.15) is 22.5 Å². The quantitative estimate of drug-likeness (QED) is 0.943. The first-order valence-corrected chi connectivity index (χ1v) is 7.73. The Bertz CT molecular complexity index is 625. The fourth-order valence-corrected chi connectivity index (χ4v) is 2.81. The molecule has 3 rings (SSSR count). The van der Waals surface area contributed by atoms with Gasteiger partial charge in [-0.25, -0.2) is 0 Å². The van der Waals surface area contributed by atoms with Gasteiger partial charge in [0.25, 0.3) is 5.91 Å². The number of aryl methyl sites for hydroxylation is 1. The molecule has 114 valence electrons. The van der Waals surface area contributed by atoms with Crippen LogP contribution in [0.25, 0.3) is 0 Å². The van der Waals surface area contributed by atoms with Gasteiger partial charge in [-0.2, -0.15) is 0 Å². The zero-order valence-electron chi connectivity index (χ0n) is 12.8. The number of amides is 1. The maximum atomic E-state index is 12.1. The van der Waals surface area contributed by atoms with Crippen LogP contribution >= 0.6 is 0 Å². The monoisotopic (exact) mass is 295 g/mol. The van der Waals surface area contributed by atoms with E-state index in [1.807, 2.05) is 25.1 Å². The van der Waals surface area contributed by atoms with E-state index in [9.17, 15) is 4.79 Å². The van der Waals surface area contributed by atoms with Crippen LogP contribution < -0.4 is 10.2 Å². The van der Waals surface area contributed by atoms with Crippen molar-refractivity contribution < 1.29 is 4.79 Å². The number of rotatable bonds is 4. The smallest absolute Gasteiger partial charge is 0.252 e. The van der Waals surface area contributed by atoms with Gasteiger partial charge in [-0.15, -0.1) is 0 Å². The molecule has 1 aromatic heterocycles. The predicted molar refractivity (Wildman–Crippen MR) is 88.1 cm³/mol. The third kappa shape index (κ3) is 3.45. The minimum Gasteiger partial charge on any atom is -0.371 e. The van der Waals surface area contributed by atoms with Crippen molar-refractivity contribution in [2.75, 3.05) is 24.5 Å². The standard InChI is InChI=1S/C18H21N3O/c1-14-7-8-16(12-19-14)18(22)20-11-15-9-10-21(13-15)17-5-3-2-4-6-17/h2-8,12,15H,9-11,13H2,1H3,(H,20,22). The van der Waals surface area contributed by atoms with E-state index in [-0.39, 0.29) is 5.91 Å². The highest BCUT2D eigenvalue weighted by Crippen LogP contribution is 2.22. The highest BCUT2D eigenvalue weighted by Gasteiger charge is 2.23. The molecule has 1 aliphatic heterocycles. The van der Waals surface area contributed by atoms with Gasteiger partial charge in [0.1, 0.15) is 0 Å². The van der Waals surface area contributed by atoms with Crippen molar-refractivity contribution >= 4 is 11.6 Å². The van der Waals surface area contributed by atoms with Gasteiger partial charge >= 0.3 is 0 Å². The van der Waals surface area contributed by atoms with Gasteiger partial charge in [-0.1, -0.05) is 18.2 Å². The van der Waals surface area contributed by atoms with Gasteiger partial charge in [-0.05, 0) is 43.5 Å². The normalized spacial score (nSPS) is 17.5. The molecule has 2 aromatic rings. The Balaban J connectivity index is 1.50. The number of hydrogen-bond acceptors (Lipinski definition) is 3. The summed E-state index contributed by atoms with van der Waals surface area (Å²) in [4.78, 5) is 18.6. The van der Waals surface area contributed by atoms with Crippen molar-refractivity contribution in [2.24, 2.45) is 5.92 Å².